The van der Waals surface area contributed by atoms with E-state index in [0.29, 0.717) is 5.92 Å². The third kappa shape index (κ3) is 2.27. The smallest absolute Gasteiger partial charge is 0.126 e. The minimum atomic E-state index is -0.0598. The van der Waals surface area contributed by atoms with Crippen LogP contribution in [0.5, 0.6) is 0 Å². The summed E-state index contributed by atoms with van der Waals surface area (Å²) in [6.45, 7) is 7.54. The molecule has 0 saturated carbocycles. The van der Waals surface area contributed by atoms with Gasteiger partial charge in [-0.3, -0.25) is 0 Å². The number of benzene rings is 1. The molecule has 0 aliphatic carbocycles. The predicted molar refractivity (Wildman–Crippen MR) is 65.2 cm³/mol. The van der Waals surface area contributed by atoms with Crippen LogP contribution in [0.2, 0.25) is 0 Å². The number of nitrogens with zero attached hydrogens (tertiary/aromatic N) is 1. The van der Waals surface area contributed by atoms with Gasteiger partial charge in [-0.25, -0.2) is 4.39 Å². The van der Waals surface area contributed by atoms with E-state index in [1.54, 1.807) is 6.07 Å². The first kappa shape index (κ1) is 11.6. The highest BCUT2D eigenvalue weighted by Crippen LogP contribution is 2.30. The van der Waals surface area contributed by atoms with E-state index >= 15 is 0 Å². The maximum absolute atomic E-state index is 13.5. The van der Waals surface area contributed by atoms with Crippen LogP contribution in [0.3, 0.4) is 0 Å². The van der Waals surface area contributed by atoms with Crippen molar-refractivity contribution in [1.29, 1.82) is 0 Å². The maximum Gasteiger partial charge on any atom is 0.126 e. The molecule has 0 spiro atoms. The van der Waals surface area contributed by atoms with Crippen molar-refractivity contribution in [2.75, 3.05) is 19.6 Å². The summed E-state index contributed by atoms with van der Waals surface area (Å²) in [7, 11) is 0. The average molecular weight is 221 g/mol. The first-order chi connectivity index (χ1) is 7.72. The summed E-state index contributed by atoms with van der Waals surface area (Å²) >= 11 is 0. The Labute approximate surface area is 97.3 Å². The van der Waals surface area contributed by atoms with Gasteiger partial charge in [0.05, 0.1) is 0 Å². The molecular formula is C14H20FN. The monoisotopic (exact) mass is 221 g/mol. The van der Waals surface area contributed by atoms with Gasteiger partial charge in [0.1, 0.15) is 5.82 Å². The molecule has 0 bridgehead atoms. The summed E-state index contributed by atoms with van der Waals surface area (Å²) in [6, 6.07) is 5.48. The highest BCUT2D eigenvalue weighted by atomic mass is 19.1. The average Bonchev–Trinajstić information content (AvgIpc) is 2.33. The quantitative estimate of drug-likeness (QED) is 0.740. The van der Waals surface area contributed by atoms with Gasteiger partial charge in [-0.05, 0) is 62.5 Å². The van der Waals surface area contributed by atoms with E-state index in [1.165, 1.54) is 5.56 Å². The standard InChI is InChI=1S/C14H20FN/c1-3-16-9-7-12(8-10-16)13-5-4-6-14(15)11(13)2/h4-6,12H,3,7-10H2,1-2H3. The van der Waals surface area contributed by atoms with Crippen molar-refractivity contribution in [1.82, 2.24) is 4.90 Å². The van der Waals surface area contributed by atoms with Gasteiger partial charge < -0.3 is 4.90 Å². The molecule has 0 N–H and O–H groups in total. The lowest BCUT2D eigenvalue weighted by Crippen LogP contribution is -2.32. The third-order valence-corrected chi connectivity index (χ3v) is 3.78. The van der Waals surface area contributed by atoms with Gasteiger partial charge in [-0.15, -0.1) is 0 Å². The number of rotatable bonds is 2. The zero-order valence-electron chi connectivity index (χ0n) is 10.2. The van der Waals surface area contributed by atoms with Gasteiger partial charge >= 0.3 is 0 Å². The molecule has 1 heterocycles. The van der Waals surface area contributed by atoms with Crippen molar-refractivity contribution in [2.45, 2.75) is 32.6 Å². The number of hydrogen-bond donors (Lipinski definition) is 0. The van der Waals surface area contributed by atoms with E-state index in [-0.39, 0.29) is 5.82 Å². The lowest BCUT2D eigenvalue weighted by molar-refractivity contribution is 0.222. The van der Waals surface area contributed by atoms with Gasteiger partial charge in [0.25, 0.3) is 0 Å². The minimum absolute atomic E-state index is 0.0598. The molecule has 2 rings (SSSR count). The second-order valence-electron chi connectivity index (χ2n) is 4.66. The first-order valence-corrected chi connectivity index (χ1v) is 6.19. The molecule has 1 saturated heterocycles. The highest BCUT2D eigenvalue weighted by Gasteiger charge is 2.21. The van der Waals surface area contributed by atoms with Gasteiger partial charge in [0.15, 0.2) is 0 Å². The number of piperidine rings is 1. The Morgan fingerprint density at radius 3 is 2.62 bits per heavy atom. The molecule has 0 atom stereocenters. The van der Waals surface area contributed by atoms with Crippen LogP contribution in [-0.2, 0) is 0 Å². The molecule has 0 aromatic heterocycles. The van der Waals surface area contributed by atoms with Crippen LogP contribution >= 0.6 is 0 Å². The van der Waals surface area contributed by atoms with Crippen molar-refractivity contribution >= 4 is 0 Å². The zero-order chi connectivity index (χ0) is 11.5. The molecule has 88 valence electrons. The summed E-state index contributed by atoms with van der Waals surface area (Å²) in [6.07, 6.45) is 2.33. The lowest BCUT2D eigenvalue weighted by Gasteiger charge is -2.32. The Morgan fingerprint density at radius 2 is 2.00 bits per heavy atom. The van der Waals surface area contributed by atoms with Gasteiger partial charge in [-0.1, -0.05) is 19.1 Å². The number of likely N-dealkylation sites (tertiary alicyclic amines) is 1. The lowest BCUT2D eigenvalue weighted by atomic mass is 9.87. The fourth-order valence-electron chi connectivity index (χ4n) is 2.63. The van der Waals surface area contributed by atoms with E-state index in [0.717, 1.165) is 38.0 Å². The van der Waals surface area contributed by atoms with Gasteiger partial charge in [-0.2, -0.15) is 0 Å². The van der Waals surface area contributed by atoms with Crippen LogP contribution in [0.1, 0.15) is 36.8 Å². The summed E-state index contributed by atoms with van der Waals surface area (Å²) in [5, 5.41) is 0. The molecule has 1 fully saturated rings. The Balaban J connectivity index is 2.11. The Morgan fingerprint density at radius 1 is 1.31 bits per heavy atom. The number of hydrogen-bond acceptors (Lipinski definition) is 1. The topological polar surface area (TPSA) is 3.24 Å². The molecular weight excluding hydrogens is 201 g/mol. The zero-order valence-corrected chi connectivity index (χ0v) is 10.2. The highest BCUT2D eigenvalue weighted by molar-refractivity contribution is 5.30. The second kappa shape index (κ2) is 4.96. The van der Waals surface area contributed by atoms with E-state index in [2.05, 4.69) is 17.9 Å². The van der Waals surface area contributed by atoms with E-state index < -0.39 is 0 Å². The SMILES string of the molecule is CCN1CCC(c2cccc(F)c2C)CC1. The van der Waals surface area contributed by atoms with Crippen molar-refractivity contribution in [3.63, 3.8) is 0 Å². The molecule has 0 radical (unpaired) electrons. The normalized spacial score (nSPS) is 18.9. The van der Waals surface area contributed by atoms with Crippen LogP contribution in [0.15, 0.2) is 18.2 Å². The van der Waals surface area contributed by atoms with Crippen LogP contribution in [0.25, 0.3) is 0 Å². The fraction of sp³-hybridized carbons (Fsp3) is 0.571. The largest absolute Gasteiger partial charge is 0.304 e. The van der Waals surface area contributed by atoms with Crippen LogP contribution < -0.4 is 0 Å². The van der Waals surface area contributed by atoms with E-state index in [1.807, 2.05) is 13.0 Å². The molecule has 1 aliphatic rings. The van der Waals surface area contributed by atoms with Crippen LogP contribution in [0, 0.1) is 12.7 Å². The van der Waals surface area contributed by atoms with Crippen LogP contribution in [-0.4, -0.2) is 24.5 Å². The maximum atomic E-state index is 13.5. The summed E-state index contributed by atoms with van der Waals surface area (Å²) in [5.41, 5.74) is 2.06. The Kier molecular flexibility index (Phi) is 3.59. The van der Waals surface area contributed by atoms with Crippen molar-refractivity contribution < 1.29 is 4.39 Å². The van der Waals surface area contributed by atoms with Crippen LogP contribution in [0.4, 0.5) is 4.39 Å². The summed E-state index contributed by atoms with van der Waals surface area (Å²) < 4.78 is 13.5. The van der Waals surface area contributed by atoms with Crippen molar-refractivity contribution in [3.05, 3.63) is 35.1 Å². The van der Waals surface area contributed by atoms with Gasteiger partial charge in [0, 0.05) is 0 Å². The third-order valence-electron chi connectivity index (χ3n) is 3.78. The van der Waals surface area contributed by atoms with Crippen molar-refractivity contribution in [3.8, 4) is 0 Å². The molecule has 1 nitrogen and oxygen atoms in total. The molecule has 1 aliphatic heterocycles. The molecule has 0 unspecified atom stereocenters. The predicted octanol–water partition coefficient (Wildman–Crippen LogP) is 3.33. The fourth-order valence-corrected chi connectivity index (χ4v) is 2.63. The van der Waals surface area contributed by atoms with E-state index in [9.17, 15) is 4.39 Å². The van der Waals surface area contributed by atoms with E-state index in [4.69, 9.17) is 0 Å². The number of halogens is 1. The second-order valence-corrected chi connectivity index (χ2v) is 4.66. The minimum Gasteiger partial charge on any atom is -0.304 e. The Hall–Kier alpha value is -0.890. The summed E-state index contributed by atoms with van der Waals surface area (Å²) in [4.78, 5) is 2.46. The first-order valence-electron chi connectivity index (χ1n) is 6.19. The van der Waals surface area contributed by atoms with Gasteiger partial charge in [0.2, 0.25) is 0 Å². The molecule has 16 heavy (non-hydrogen) atoms. The Bertz CT molecular complexity index is 354. The molecule has 1 aromatic rings. The van der Waals surface area contributed by atoms with Crippen molar-refractivity contribution in [2.24, 2.45) is 0 Å². The molecule has 0 amide bonds. The molecule has 2 heteroatoms. The summed E-state index contributed by atoms with van der Waals surface area (Å²) in [5.74, 6) is 0.494. The molecule has 1 aromatic carbocycles.